The molecule has 19 heavy (non-hydrogen) atoms. The Morgan fingerprint density at radius 1 is 1.47 bits per heavy atom. The maximum Gasteiger partial charge on any atom is 0.334 e. The van der Waals surface area contributed by atoms with Crippen LogP contribution >= 0.6 is 0 Å². The third kappa shape index (κ3) is 4.68. The Kier molecular flexibility index (Phi) is 6.58. The van der Waals surface area contributed by atoms with Gasteiger partial charge in [0.25, 0.3) is 0 Å². The summed E-state index contributed by atoms with van der Waals surface area (Å²) in [4.78, 5) is 24.6. The summed E-state index contributed by atoms with van der Waals surface area (Å²) in [6, 6.07) is -0.00484. The lowest BCUT2D eigenvalue weighted by atomic mass is 10.1. The predicted molar refractivity (Wildman–Crippen MR) is 70.1 cm³/mol. The number of rotatable bonds is 6. The van der Waals surface area contributed by atoms with Crippen molar-refractivity contribution in [3.63, 3.8) is 0 Å². The number of nitrogens with zero attached hydrogens (tertiary/aromatic N) is 1. The first-order chi connectivity index (χ1) is 9.10. The highest BCUT2D eigenvalue weighted by molar-refractivity contribution is 5.77. The van der Waals surface area contributed by atoms with Crippen molar-refractivity contribution in [3.05, 3.63) is 0 Å². The fourth-order valence-corrected chi connectivity index (χ4v) is 2.24. The van der Waals surface area contributed by atoms with Crippen LogP contribution in [0.15, 0.2) is 0 Å². The number of carbonyl (C=O) groups excluding carboxylic acids is 1. The number of hydrogen-bond acceptors (Lipinski definition) is 4. The van der Waals surface area contributed by atoms with E-state index in [1.54, 1.807) is 4.90 Å². The van der Waals surface area contributed by atoms with Gasteiger partial charge in [0.15, 0.2) is 6.10 Å². The third-order valence-corrected chi connectivity index (χ3v) is 3.35. The number of aliphatic carboxylic acids is 1. The number of ether oxygens (including phenoxy) is 1. The van der Waals surface area contributed by atoms with Crippen LogP contribution in [-0.2, 0) is 9.53 Å². The van der Waals surface area contributed by atoms with Gasteiger partial charge in [-0.05, 0) is 32.9 Å². The molecule has 3 N–H and O–H groups in total. The van der Waals surface area contributed by atoms with E-state index in [4.69, 9.17) is 9.84 Å². The van der Waals surface area contributed by atoms with Gasteiger partial charge in [0.2, 0.25) is 0 Å². The molecule has 110 valence electrons. The summed E-state index contributed by atoms with van der Waals surface area (Å²) < 4.78 is 4.78. The van der Waals surface area contributed by atoms with Crippen molar-refractivity contribution < 1.29 is 19.4 Å². The number of nitrogens with one attached hydrogen (secondary N) is 2. The quantitative estimate of drug-likeness (QED) is 0.627. The van der Waals surface area contributed by atoms with Crippen molar-refractivity contribution in [2.24, 2.45) is 0 Å². The predicted octanol–water partition coefficient (Wildman–Crippen LogP) is -0.130. The van der Waals surface area contributed by atoms with E-state index in [0.717, 1.165) is 25.9 Å². The van der Waals surface area contributed by atoms with Gasteiger partial charge in [0.1, 0.15) is 0 Å². The normalized spacial score (nSPS) is 17.8. The minimum atomic E-state index is -1.08. The molecular formula is C12H23N3O4. The summed E-state index contributed by atoms with van der Waals surface area (Å²) in [7, 11) is 1.31. The minimum absolute atomic E-state index is 0.0217. The molecule has 1 rings (SSSR count). The molecule has 1 heterocycles. The minimum Gasteiger partial charge on any atom is -0.479 e. The molecule has 0 aliphatic carbocycles. The first-order valence-corrected chi connectivity index (χ1v) is 6.61. The molecule has 0 spiro atoms. The Morgan fingerprint density at radius 3 is 2.58 bits per heavy atom. The number of methoxy groups -OCH3 is 1. The number of carboxylic acids is 1. The SMILES string of the molecule is CCN(C(=O)NCC(OC)C(=O)O)C1CCNCC1. The molecule has 7 heteroatoms. The molecule has 0 radical (unpaired) electrons. The van der Waals surface area contributed by atoms with Crippen LogP contribution in [0.2, 0.25) is 0 Å². The van der Waals surface area contributed by atoms with Gasteiger partial charge >= 0.3 is 12.0 Å². The van der Waals surface area contributed by atoms with Crippen LogP contribution in [-0.4, -0.2) is 67.4 Å². The van der Waals surface area contributed by atoms with Crippen LogP contribution in [0, 0.1) is 0 Å². The molecule has 0 saturated carbocycles. The zero-order valence-electron chi connectivity index (χ0n) is 11.5. The molecule has 1 saturated heterocycles. The smallest absolute Gasteiger partial charge is 0.334 e. The van der Waals surface area contributed by atoms with Gasteiger partial charge in [-0.25, -0.2) is 9.59 Å². The van der Waals surface area contributed by atoms with Crippen LogP contribution in [0.25, 0.3) is 0 Å². The fourth-order valence-electron chi connectivity index (χ4n) is 2.24. The van der Waals surface area contributed by atoms with Crippen molar-refractivity contribution in [2.45, 2.75) is 31.9 Å². The molecule has 0 aromatic rings. The number of carbonyl (C=O) groups is 2. The first kappa shape index (κ1) is 15.7. The van der Waals surface area contributed by atoms with Crippen molar-refractivity contribution in [1.29, 1.82) is 0 Å². The van der Waals surface area contributed by atoms with Crippen LogP contribution in [0.4, 0.5) is 4.79 Å². The highest BCUT2D eigenvalue weighted by Gasteiger charge is 2.25. The summed E-state index contributed by atoms with van der Waals surface area (Å²) >= 11 is 0. The zero-order chi connectivity index (χ0) is 14.3. The summed E-state index contributed by atoms with van der Waals surface area (Å²) in [6.07, 6.45) is 0.845. The van der Waals surface area contributed by atoms with Crippen LogP contribution in [0.1, 0.15) is 19.8 Å². The van der Waals surface area contributed by atoms with Crippen LogP contribution < -0.4 is 10.6 Å². The van der Waals surface area contributed by atoms with Crippen molar-refractivity contribution >= 4 is 12.0 Å². The summed E-state index contributed by atoms with van der Waals surface area (Å²) in [5, 5.41) is 14.7. The number of urea groups is 1. The largest absolute Gasteiger partial charge is 0.479 e. The molecule has 1 atom stereocenters. The number of hydrogen-bond donors (Lipinski definition) is 3. The molecule has 7 nitrogen and oxygen atoms in total. The highest BCUT2D eigenvalue weighted by Crippen LogP contribution is 2.11. The van der Waals surface area contributed by atoms with Gasteiger partial charge in [0, 0.05) is 19.7 Å². The van der Waals surface area contributed by atoms with E-state index in [9.17, 15) is 9.59 Å². The van der Waals surface area contributed by atoms with Crippen LogP contribution in [0.3, 0.4) is 0 Å². The second kappa shape index (κ2) is 7.96. The lowest BCUT2D eigenvalue weighted by Crippen LogP contribution is -2.51. The summed E-state index contributed by atoms with van der Waals surface area (Å²) in [5.41, 5.74) is 0. The first-order valence-electron chi connectivity index (χ1n) is 6.61. The van der Waals surface area contributed by atoms with E-state index in [0.29, 0.717) is 6.54 Å². The summed E-state index contributed by atoms with van der Waals surface area (Å²) in [6.45, 7) is 4.33. The van der Waals surface area contributed by atoms with Gasteiger partial charge in [0.05, 0.1) is 6.54 Å². The molecule has 1 aliphatic rings. The van der Waals surface area contributed by atoms with Gasteiger partial charge in [-0.2, -0.15) is 0 Å². The molecule has 2 amide bonds. The van der Waals surface area contributed by atoms with Gasteiger partial charge in [-0.15, -0.1) is 0 Å². The van der Waals surface area contributed by atoms with E-state index in [2.05, 4.69) is 10.6 Å². The lowest BCUT2D eigenvalue weighted by molar-refractivity contribution is -0.148. The average molecular weight is 273 g/mol. The van der Waals surface area contributed by atoms with E-state index < -0.39 is 12.1 Å². The lowest BCUT2D eigenvalue weighted by Gasteiger charge is -2.34. The van der Waals surface area contributed by atoms with Gasteiger partial charge < -0.3 is 25.4 Å². The standard InChI is InChI=1S/C12H23N3O4/c1-3-15(9-4-6-13-7-5-9)12(18)14-8-10(19-2)11(16)17/h9-10,13H,3-8H2,1-2H3,(H,14,18)(H,16,17). The number of piperidine rings is 1. The Morgan fingerprint density at radius 2 is 2.11 bits per heavy atom. The van der Waals surface area contributed by atoms with Gasteiger partial charge in [-0.1, -0.05) is 0 Å². The fraction of sp³-hybridized carbons (Fsp3) is 0.833. The molecular weight excluding hydrogens is 250 g/mol. The second-order valence-electron chi connectivity index (χ2n) is 4.52. The molecule has 1 aliphatic heterocycles. The topological polar surface area (TPSA) is 90.9 Å². The Balaban J connectivity index is 2.46. The van der Waals surface area contributed by atoms with Crippen molar-refractivity contribution in [2.75, 3.05) is 33.3 Å². The van der Waals surface area contributed by atoms with E-state index in [1.807, 2.05) is 6.92 Å². The van der Waals surface area contributed by atoms with Crippen LogP contribution in [0.5, 0.6) is 0 Å². The van der Waals surface area contributed by atoms with E-state index in [-0.39, 0.29) is 18.6 Å². The zero-order valence-corrected chi connectivity index (χ0v) is 11.5. The number of amides is 2. The molecule has 0 aromatic heterocycles. The monoisotopic (exact) mass is 273 g/mol. The average Bonchev–Trinajstić information content (AvgIpc) is 2.41. The number of carboxylic acid groups (broad SMARTS) is 1. The third-order valence-electron chi connectivity index (χ3n) is 3.35. The van der Waals surface area contributed by atoms with Gasteiger partial charge in [-0.3, -0.25) is 0 Å². The maximum atomic E-state index is 12.1. The van der Waals surface area contributed by atoms with Crippen molar-refractivity contribution in [1.82, 2.24) is 15.5 Å². The molecule has 0 aromatic carbocycles. The Bertz CT molecular complexity index is 305. The highest BCUT2D eigenvalue weighted by atomic mass is 16.5. The molecule has 1 fully saturated rings. The molecule has 1 unspecified atom stereocenters. The van der Waals surface area contributed by atoms with E-state index in [1.165, 1.54) is 7.11 Å². The molecule has 0 bridgehead atoms. The summed E-state index contributed by atoms with van der Waals surface area (Å²) in [5.74, 6) is -1.08. The Labute approximate surface area is 113 Å². The Hall–Kier alpha value is -1.34. The van der Waals surface area contributed by atoms with Crippen molar-refractivity contribution in [3.8, 4) is 0 Å². The second-order valence-corrected chi connectivity index (χ2v) is 4.52. The maximum absolute atomic E-state index is 12.1. The van der Waals surface area contributed by atoms with E-state index >= 15 is 0 Å².